The van der Waals surface area contributed by atoms with Gasteiger partial charge in [-0.05, 0) is 18.6 Å². The number of nitrogens with zero attached hydrogens (tertiary/aromatic N) is 2. The van der Waals surface area contributed by atoms with E-state index < -0.39 is 0 Å². The van der Waals surface area contributed by atoms with Gasteiger partial charge in [-0.15, -0.1) is 0 Å². The van der Waals surface area contributed by atoms with Crippen molar-refractivity contribution in [2.45, 2.75) is 13.3 Å². The first-order valence-electron chi connectivity index (χ1n) is 6.21. The van der Waals surface area contributed by atoms with Crippen LogP contribution in [0.2, 0.25) is 0 Å². The Morgan fingerprint density at radius 2 is 2.05 bits per heavy atom. The van der Waals surface area contributed by atoms with E-state index in [0.29, 0.717) is 17.7 Å². The summed E-state index contributed by atoms with van der Waals surface area (Å²) < 4.78 is 0. The van der Waals surface area contributed by atoms with Crippen molar-refractivity contribution in [2.75, 3.05) is 0 Å². The first kappa shape index (κ1) is 11.6. The number of aromatic amines is 1. The summed E-state index contributed by atoms with van der Waals surface area (Å²) in [5, 5.41) is 1.05. The minimum Gasteiger partial charge on any atom is -0.313 e. The summed E-state index contributed by atoms with van der Waals surface area (Å²) in [4.78, 5) is 23.1. The highest BCUT2D eigenvalue weighted by Gasteiger charge is 2.09. The van der Waals surface area contributed by atoms with E-state index in [-0.39, 0.29) is 5.56 Å². The topological polar surface area (TPSA) is 58.6 Å². The molecule has 0 bridgehead atoms. The Morgan fingerprint density at radius 3 is 2.89 bits per heavy atom. The fourth-order valence-electron chi connectivity index (χ4n) is 2.21. The minimum absolute atomic E-state index is 0.0827. The molecule has 3 rings (SSSR count). The summed E-state index contributed by atoms with van der Waals surface area (Å²) >= 11 is 0. The van der Waals surface area contributed by atoms with Gasteiger partial charge in [-0.3, -0.25) is 9.78 Å². The molecule has 0 aliphatic carbocycles. The highest BCUT2D eigenvalue weighted by atomic mass is 16.1. The van der Waals surface area contributed by atoms with E-state index in [0.717, 1.165) is 16.5 Å². The minimum atomic E-state index is -0.0827. The Morgan fingerprint density at radius 1 is 1.21 bits per heavy atom. The van der Waals surface area contributed by atoms with E-state index >= 15 is 0 Å². The summed E-state index contributed by atoms with van der Waals surface area (Å²) in [5.41, 5.74) is 3.14. The van der Waals surface area contributed by atoms with E-state index in [4.69, 9.17) is 0 Å². The van der Waals surface area contributed by atoms with Crippen LogP contribution in [0.4, 0.5) is 0 Å². The second kappa shape index (κ2) is 4.65. The van der Waals surface area contributed by atoms with Gasteiger partial charge in [-0.2, -0.15) is 0 Å². The van der Waals surface area contributed by atoms with Crippen LogP contribution in [-0.2, 0) is 6.42 Å². The number of H-pyrrole nitrogens is 1. The Bertz CT molecular complexity index is 792. The third-order valence-electron chi connectivity index (χ3n) is 3.17. The third-order valence-corrected chi connectivity index (χ3v) is 3.17. The van der Waals surface area contributed by atoms with Crippen molar-refractivity contribution in [1.29, 1.82) is 0 Å². The van der Waals surface area contributed by atoms with Crippen LogP contribution in [0.1, 0.15) is 12.5 Å². The molecule has 94 valence electrons. The number of rotatable bonds is 2. The van der Waals surface area contributed by atoms with Crippen LogP contribution in [0.5, 0.6) is 0 Å². The number of hydrogen-bond acceptors (Lipinski definition) is 3. The molecule has 1 N–H and O–H groups in total. The Hall–Kier alpha value is -2.49. The first-order chi connectivity index (χ1) is 9.29. The maximum atomic E-state index is 11.8. The number of benzene rings is 1. The summed E-state index contributed by atoms with van der Waals surface area (Å²) in [7, 11) is 0. The van der Waals surface area contributed by atoms with Crippen LogP contribution in [0, 0.1) is 0 Å². The van der Waals surface area contributed by atoms with E-state index in [1.54, 1.807) is 6.20 Å². The highest BCUT2D eigenvalue weighted by Crippen LogP contribution is 2.22. The van der Waals surface area contributed by atoms with E-state index in [1.807, 2.05) is 37.3 Å². The fraction of sp³-hybridized carbons (Fsp3) is 0.133. The zero-order valence-corrected chi connectivity index (χ0v) is 10.6. The Balaban J connectivity index is 2.25. The van der Waals surface area contributed by atoms with Gasteiger partial charge in [0.05, 0.1) is 17.5 Å². The lowest BCUT2D eigenvalue weighted by Gasteiger charge is -2.06. The monoisotopic (exact) mass is 251 g/mol. The molecule has 0 saturated carbocycles. The molecule has 4 heteroatoms. The maximum absolute atomic E-state index is 11.8. The largest absolute Gasteiger partial charge is 0.313 e. The van der Waals surface area contributed by atoms with Crippen LogP contribution in [-0.4, -0.2) is 15.0 Å². The van der Waals surface area contributed by atoms with Gasteiger partial charge in [0.1, 0.15) is 0 Å². The predicted molar refractivity (Wildman–Crippen MR) is 75.0 cm³/mol. The van der Waals surface area contributed by atoms with Crippen molar-refractivity contribution < 1.29 is 0 Å². The first-order valence-corrected chi connectivity index (χ1v) is 6.21. The van der Waals surface area contributed by atoms with E-state index in [9.17, 15) is 4.79 Å². The van der Waals surface area contributed by atoms with E-state index in [2.05, 4.69) is 15.0 Å². The normalized spacial score (nSPS) is 10.8. The number of para-hydroxylation sites is 1. The number of fused-ring (bicyclic) bond motifs is 1. The summed E-state index contributed by atoms with van der Waals surface area (Å²) in [6, 6.07) is 9.91. The number of pyridine rings is 1. The van der Waals surface area contributed by atoms with Crippen LogP contribution in [0.25, 0.3) is 22.2 Å². The molecule has 0 aliphatic rings. The molecule has 19 heavy (non-hydrogen) atoms. The smallest absolute Gasteiger partial charge is 0.254 e. The summed E-state index contributed by atoms with van der Waals surface area (Å²) in [6.45, 7) is 1.95. The number of nitrogens with one attached hydrogen (secondary N) is 1. The van der Waals surface area contributed by atoms with Crippen molar-refractivity contribution in [2.24, 2.45) is 0 Å². The molecule has 4 nitrogen and oxygen atoms in total. The maximum Gasteiger partial charge on any atom is 0.254 e. The molecule has 0 radical (unpaired) electrons. The Kier molecular flexibility index (Phi) is 2.83. The molecule has 1 aromatic carbocycles. The van der Waals surface area contributed by atoms with Gasteiger partial charge >= 0.3 is 0 Å². The van der Waals surface area contributed by atoms with Gasteiger partial charge in [-0.1, -0.05) is 25.1 Å². The second-order valence-electron chi connectivity index (χ2n) is 4.33. The van der Waals surface area contributed by atoms with Crippen molar-refractivity contribution in [3.63, 3.8) is 0 Å². The lowest BCUT2D eigenvalue weighted by Crippen LogP contribution is -2.14. The zero-order chi connectivity index (χ0) is 13.2. The van der Waals surface area contributed by atoms with Crippen molar-refractivity contribution in [3.8, 4) is 11.3 Å². The van der Waals surface area contributed by atoms with Gasteiger partial charge in [0, 0.05) is 22.7 Å². The number of aromatic nitrogens is 3. The molecular formula is C15H13N3O. The Labute approximate surface area is 110 Å². The second-order valence-corrected chi connectivity index (χ2v) is 4.33. The quantitative estimate of drug-likeness (QED) is 0.761. The summed E-state index contributed by atoms with van der Waals surface area (Å²) in [5.74, 6) is 0. The average Bonchev–Trinajstić information content (AvgIpc) is 2.46. The molecule has 2 aromatic heterocycles. The molecule has 0 amide bonds. The van der Waals surface area contributed by atoms with Crippen LogP contribution in [0.15, 0.2) is 47.7 Å². The van der Waals surface area contributed by atoms with Crippen LogP contribution >= 0.6 is 0 Å². The van der Waals surface area contributed by atoms with Crippen molar-refractivity contribution >= 4 is 10.9 Å². The predicted octanol–water partition coefficient (Wildman–Crippen LogP) is 2.55. The molecule has 0 saturated heterocycles. The zero-order valence-electron chi connectivity index (χ0n) is 10.6. The average molecular weight is 251 g/mol. The molecule has 0 atom stereocenters. The molecule has 0 spiro atoms. The molecular weight excluding hydrogens is 238 g/mol. The van der Waals surface area contributed by atoms with Crippen molar-refractivity contribution in [1.82, 2.24) is 15.0 Å². The molecule has 0 aliphatic heterocycles. The molecule has 0 fully saturated rings. The highest BCUT2D eigenvalue weighted by molar-refractivity contribution is 5.83. The van der Waals surface area contributed by atoms with Gasteiger partial charge < -0.3 is 4.98 Å². The van der Waals surface area contributed by atoms with E-state index in [1.165, 1.54) is 6.33 Å². The molecule has 3 aromatic rings. The number of hydrogen-bond donors (Lipinski definition) is 1. The standard InChI is InChI=1S/C15H13N3O/c1-2-12-14(17-9-18-15(12)19)11-7-10-5-3-4-6-13(10)16-8-11/h3-9H,2H2,1H3,(H,17,18,19). The SMILES string of the molecule is CCc1c(-c2cnc3ccccc3c2)nc[nH]c1=O. The lowest BCUT2D eigenvalue weighted by molar-refractivity contribution is 1.01. The summed E-state index contributed by atoms with van der Waals surface area (Å²) in [6.07, 6.45) is 3.85. The molecule has 2 heterocycles. The fourth-order valence-corrected chi connectivity index (χ4v) is 2.21. The van der Waals surface area contributed by atoms with Gasteiger partial charge in [0.25, 0.3) is 5.56 Å². The van der Waals surface area contributed by atoms with Gasteiger partial charge in [-0.25, -0.2) is 4.98 Å². The van der Waals surface area contributed by atoms with Gasteiger partial charge in [0.15, 0.2) is 0 Å². The van der Waals surface area contributed by atoms with Crippen molar-refractivity contribution in [3.05, 3.63) is 58.8 Å². The third kappa shape index (κ3) is 2.01. The molecule has 0 unspecified atom stereocenters. The van der Waals surface area contributed by atoms with Gasteiger partial charge in [0.2, 0.25) is 0 Å². The van der Waals surface area contributed by atoms with Crippen LogP contribution in [0.3, 0.4) is 0 Å². The van der Waals surface area contributed by atoms with Crippen LogP contribution < -0.4 is 5.56 Å². The lowest BCUT2D eigenvalue weighted by atomic mass is 10.1.